The Morgan fingerprint density at radius 2 is 1.83 bits per heavy atom. The van der Waals surface area contributed by atoms with Crippen molar-refractivity contribution >= 4 is 27.5 Å². The molecule has 5 rings (SSSR count). The summed E-state index contributed by atoms with van der Waals surface area (Å²) < 4.78 is 42.1. The third-order valence-corrected chi connectivity index (χ3v) is 9.35. The Morgan fingerprint density at radius 3 is 2.51 bits per heavy atom. The lowest BCUT2D eigenvalue weighted by Gasteiger charge is -2.33. The van der Waals surface area contributed by atoms with Crippen molar-refractivity contribution in [2.75, 3.05) is 23.7 Å². The molecule has 3 aromatic rings. The maximum Gasteiger partial charge on any atom is 0.243 e. The van der Waals surface area contributed by atoms with Crippen molar-refractivity contribution in [3.05, 3.63) is 90.0 Å². The van der Waals surface area contributed by atoms with Crippen LogP contribution in [0.4, 0.5) is 21.8 Å². The van der Waals surface area contributed by atoms with Crippen LogP contribution < -0.4 is 10.6 Å². The highest BCUT2D eigenvalue weighted by Gasteiger charge is 2.32. The zero-order valence-electron chi connectivity index (χ0n) is 23.2. The molecule has 216 valence electrons. The van der Waals surface area contributed by atoms with Crippen LogP contribution in [0.15, 0.2) is 83.7 Å². The summed E-state index contributed by atoms with van der Waals surface area (Å²) in [6.45, 7) is 4.23. The summed E-state index contributed by atoms with van der Waals surface area (Å²) in [4.78, 5) is 13.2. The maximum atomic E-state index is 14.0. The van der Waals surface area contributed by atoms with E-state index in [1.165, 1.54) is 17.3 Å². The van der Waals surface area contributed by atoms with Crippen LogP contribution in [0, 0.1) is 12.8 Å². The molecule has 2 aromatic heterocycles. The Kier molecular flexibility index (Phi) is 8.48. The molecule has 0 spiro atoms. The fourth-order valence-corrected chi connectivity index (χ4v) is 6.49. The molecule has 3 heterocycles. The Bertz CT molecular complexity index is 1530. The van der Waals surface area contributed by atoms with Gasteiger partial charge >= 0.3 is 0 Å². The number of benzene rings is 1. The fraction of sp³-hybridized carbons (Fsp3) is 0.367. The van der Waals surface area contributed by atoms with Crippen LogP contribution in [0.1, 0.15) is 37.4 Å². The quantitative estimate of drug-likeness (QED) is 0.328. The second kappa shape index (κ2) is 12.1. The first-order chi connectivity index (χ1) is 19.6. The SMILES string of the molecule is Cc1ccnc(CC(O)C2CCN(S(=O)(=O)c3ccc(Nc4nccc(NC5=CCC(C)(F)C=C5)n4)cc3)CC2)c1. The second-order valence-electron chi connectivity index (χ2n) is 10.9. The van der Waals surface area contributed by atoms with Gasteiger partial charge in [-0.25, -0.2) is 17.8 Å². The summed E-state index contributed by atoms with van der Waals surface area (Å²) >= 11 is 0. The van der Waals surface area contributed by atoms with Crippen molar-refractivity contribution in [1.82, 2.24) is 19.3 Å². The number of anilines is 3. The maximum absolute atomic E-state index is 14.0. The van der Waals surface area contributed by atoms with E-state index < -0.39 is 21.8 Å². The predicted octanol–water partition coefficient (Wildman–Crippen LogP) is 4.91. The zero-order valence-corrected chi connectivity index (χ0v) is 24.0. The number of aliphatic hydroxyl groups excluding tert-OH is 1. The standard InChI is InChI=1S/C30H35FN6O3S/c1-21-9-15-32-25(19-21)20-27(38)22-11-17-37(18-12-22)41(39,40)26-5-3-23(4-6-26)35-29-33-16-10-28(36-29)34-24-7-13-30(2,31)14-8-24/h3-10,13,15-16,19,22,27,38H,11-12,14,17-18,20H2,1-2H3,(H2,33,34,35,36). The summed E-state index contributed by atoms with van der Waals surface area (Å²) in [5.74, 6) is 0.904. The van der Waals surface area contributed by atoms with Crippen LogP contribution in [0.3, 0.4) is 0 Å². The lowest BCUT2D eigenvalue weighted by atomic mass is 9.89. The number of aliphatic hydroxyl groups is 1. The number of aromatic nitrogens is 3. The zero-order chi connectivity index (χ0) is 29.0. The van der Waals surface area contributed by atoms with Crippen molar-refractivity contribution < 1.29 is 17.9 Å². The van der Waals surface area contributed by atoms with E-state index in [1.54, 1.807) is 54.9 Å². The van der Waals surface area contributed by atoms with Crippen LogP contribution in [-0.4, -0.2) is 57.6 Å². The molecule has 9 nitrogen and oxygen atoms in total. The molecule has 2 atom stereocenters. The molecule has 1 saturated heterocycles. The Hall–Kier alpha value is -3.67. The molecule has 0 saturated carbocycles. The molecule has 1 aliphatic heterocycles. The van der Waals surface area contributed by atoms with E-state index in [0.29, 0.717) is 49.8 Å². The molecule has 1 aliphatic carbocycles. The van der Waals surface area contributed by atoms with Gasteiger partial charge in [-0.2, -0.15) is 9.29 Å². The summed E-state index contributed by atoms with van der Waals surface area (Å²) in [6.07, 6.45) is 9.69. The number of sulfonamides is 1. The molecule has 0 bridgehead atoms. The molecular weight excluding hydrogens is 543 g/mol. The van der Waals surface area contributed by atoms with Gasteiger partial charge in [-0.05, 0) is 92.8 Å². The Balaban J connectivity index is 1.16. The minimum Gasteiger partial charge on any atom is -0.392 e. The van der Waals surface area contributed by atoms with Crippen LogP contribution in [0.25, 0.3) is 0 Å². The third kappa shape index (κ3) is 7.35. The first-order valence-electron chi connectivity index (χ1n) is 13.7. The fourth-order valence-electron chi connectivity index (χ4n) is 5.02. The van der Waals surface area contributed by atoms with E-state index >= 15 is 0 Å². The van der Waals surface area contributed by atoms with Crippen LogP contribution in [-0.2, 0) is 16.4 Å². The van der Waals surface area contributed by atoms with Gasteiger partial charge in [0.15, 0.2) is 0 Å². The molecule has 0 radical (unpaired) electrons. The van der Waals surface area contributed by atoms with Crippen molar-refractivity contribution in [2.24, 2.45) is 5.92 Å². The predicted molar refractivity (Wildman–Crippen MR) is 157 cm³/mol. The van der Waals surface area contributed by atoms with Gasteiger partial charge in [0.25, 0.3) is 0 Å². The van der Waals surface area contributed by atoms with Gasteiger partial charge in [0.05, 0.1) is 11.0 Å². The summed E-state index contributed by atoms with van der Waals surface area (Å²) in [5, 5.41) is 17.0. The minimum absolute atomic E-state index is 0.0231. The molecular formula is C30H35FN6O3S. The average molecular weight is 579 g/mol. The summed E-state index contributed by atoms with van der Waals surface area (Å²) in [5.41, 5.74) is 1.99. The topological polar surface area (TPSA) is 120 Å². The number of nitrogens with zero attached hydrogens (tertiary/aromatic N) is 4. The van der Waals surface area contributed by atoms with Crippen molar-refractivity contribution in [3.63, 3.8) is 0 Å². The first kappa shape index (κ1) is 28.8. The number of pyridine rings is 1. The van der Waals surface area contributed by atoms with Gasteiger partial charge in [-0.15, -0.1) is 0 Å². The molecule has 0 amide bonds. The molecule has 41 heavy (non-hydrogen) atoms. The molecule has 2 unspecified atom stereocenters. The van der Waals surface area contributed by atoms with Crippen LogP contribution >= 0.6 is 0 Å². The highest BCUT2D eigenvalue weighted by atomic mass is 32.2. The van der Waals surface area contributed by atoms with Gasteiger partial charge in [-0.1, -0.05) is 6.08 Å². The van der Waals surface area contributed by atoms with Gasteiger partial charge in [0.2, 0.25) is 16.0 Å². The van der Waals surface area contributed by atoms with E-state index in [4.69, 9.17) is 0 Å². The van der Waals surface area contributed by atoms with E-state index in [-0.39, 0.29) is 17.2 Å². The molecule has 3 N–H and O–H groups in total. The second-order valence-corrected chi connectivity index (χ2v) is 12.8. The Morgan fingerprint density at radius 1 is 1.10 bits per heavy atom. The van der Waals surface area contributed by atoms with Gasteiger partial charge < -0.3 is 15.7 Å². The number of alkyl halides is 1. The van der Waals surface area contributed by atoms with E-state index in [0.717, 1.165) is 17.0 Å². The smallest absolute Gasteiger partial charge is 0.243 e. The van der Waals surface area contributed by atoms with Crippen molar-refractivity contribution in [2.45, 2.75) is 56.2 Å². The van der Waals surface area contributed by atoms with E-state index in [9.17, 15) is 17.9 Å². The van der Waals surface area contributed by atoms with Crippen molar-refractivity contribution in [1.29, 1.82) is 0 Å². The van der Waals surface area contributed by atoms with Gasteiger partial charge in [-0.3, -0.25) is 4.98 Å². The third-order valence-electron chi connectivity index (χ3n) is 7.44. The first-order valence-corrected chi connectivity index (χ1v) is 15.2. The molecule has 1 fully saturated rings. The molecule has 2 aliphatic rings. The number of hydrogen-bond acceptors (Lipinski definition) is 8. The van der Waals surface area contributed by atoms with E-state index in [2.05, 4.69) is 25.6 Å². The number of hydrogen-bond donors (Lipinski definition) is 3. The van der Waals surface area contributed by atoms with Crippen LogP contribution in [0.2, 0.25) is 0 Å². The Labute approximate surface area is 240 Å². The molecule has 11 heteroatoms. The number of nitrogens with one attached hydrogen (secondary N) is 2. The number of halogens is 1. The monoisotopic (exact) mass is 578 g/mol. The number of allylic oxidation sites excluding steroid dienone is 3. The van der Waals surface area contributed by atoms with Crippen LogP contribution in [0.5, 0.6) is 0 Å². The highest BCUT2D eigenvalue weighted by molar-refractivity contribution is 7.89. The van der Waals surface area contributed by atoms with Gasteiger partial charge in [0, 0.05) is 55.4 Å². The lowest BCUT2D eigenvalue weighted by molar-refractivity contribution is 0.0757. The minimum atomic E-state index is -3.67. The van der Waals surface area contributed by atoms with Gasteiger partial charge in [0.1, 0.15) is 11.5 Å². The summed E-state index contributed by atoms with van der Waals surface area (Å²) in [7, 11) is -3.67. The highest BCUT2D eigenvalue weighted by Crippen LogP contribution is 2.28. The average Bonchev–Trinajstić information content (AvgIpc) is 2.95. The largest absolute Gasteiger partial charge is 0.392 e. The van der Waals surface area contributed by atoms with Crippen molar-refractivity contribution in [3.8, 4) is 0 Å². The summed E-state index contributed by atoms with van der Waals surface area (Å²) in [6, 6.07) is 12.1. The number of piperidine rings is 1. The number of aryl methyl sites for hydroxylation is 1. The normalized spacial score (nSPS) is 20.8. The number of rotatable bonds is 9. The molecule has 1 aromatic carbocycles. The van der Waals surface area contributed by atoms with E-state index in [1.807, 2.05) is 19.1 Å². The lowest BCUT2D eigenvalue weighted by Crippen LogP contribution is -2.41.